The number of halogens is 1. The molecule has 1 amide bonds. The van der Waals surface area contributed by atoms with Gasteiger partial charge in [-0.15, -0.1) is 0 Å². The van der Waals surface area contributed by atoms with Crippen molar-refractivity contribution < 1.29 is 19.1 Å². The fraction of sp³-hybridized carbons (Fsp3) is 0.400. The van der Waals surface area contributed by atoms with Crippen molar-refractivity contribution in [2.45, 2.75) is 25.7 Å². The Morgan fingerprint density at radius 1 is 1.29 bits per heavy atom. The summed E-state index contributed by atoms with van der Waals surface area (Å²) in [5, 5.41) is 20.5. The second kappa shape index (κ2) is 6.35. The van der Waals surface area contributed by atoms with Crippen molar-refractivity contribution >= 4 is 17.6 Å². The van der Waals surface area contributed by atoms with Gasteiger partial charge in [0.2, 0.25) is 5.91 Å². The van der Waals surface area contributed by atoms with E-state index in [1.165, 1.54) is 12.1 Å². The standard InChI is InChI=1S/C15H15FN2O3/c16-13-6-5-10(7-9(13)8-17)18-14(19)11-3-1-2-4-12(11)15(20)21/h5-7,11-12H,1-4H2,(H,18,19)(H,20,21)/t11-,12+/m1/s1. The fourth-order valence-corrected chi connectivity index (χ4v) is 2.66. The lowest BCUT2D eigenvalue weighted by Crippen LogP contribution is -2.36. The van der Waals surface area contributed by atoms with Crippen LogP contribution in [0.15, 0.2) is 18.2 Å². The number of rotatable bonds is 3. The molecule has 2 rings (SSSR count). The average Bonchev–Trinajstić information content (AvgIpc) is 2.49. The lowest BCUT2D eigenvalue weighted by atomic mass is 9.78. The number of nitrogens with zero attached hydrogens (tertiary/aromatic N) is 1. The van der Waals surface area contributed by atoms with E-state index in [1.807, 2.05) is 0 Å². The molecule has 0 aliphatic heterocycles. The van der Waals surface area contributed by atoms with E-state index < -0.39 is 29.5 Å². The molecule has 0 saturated heterocycles. The summed E-state index contributed by atoms with van der Waals surface area (Å²) in [7, 11) is 0. The predicted molar refractivity (Wildman–Crippen MR) is 72.8 cm³/mol. The Balaban J connectivity index is 2.13. The van der Waals surface area contributed by atoms with E-state index in [2.05, 4.69) is 5.32 Å². The van der Waals surface area contributed by atoms with Gasteiger partial charge in [-0.1, -0.05) is 12.8 Å². The minimum atomic E-state index is -0.966. The zero-order valence-electron chi connectivity index (χ0n) is 11.3. The Morgan fingerprint density at radius 2 is 1.95 bits per heavy atom. The molecule has 1 aliphatic carbocycles. The van der Waals surface area contributed by atoms with E-state index in [0.717, 1.165) is 18.9 Å². The van der Waals surface area contributed by atoms with Crippen molar-refractivity contribution in [1.82, 2.24) is 0 Å². The van der Waals surface area contributed by atoms with Gasteiger partial charge in [0.25, 0.3) is 0 Å². The fourth-order valence-electron chi connectivity index (χ4n) is 2.66. The number of anilines is 1. The van der Waals surface area contributed by atoms with Crippen molar-refractivity contribution in [3.63, 3.8) is 0 Å². The smallest absolute Gasteiger partial charge is 0.307 e. The van der Waals surface area contributed by atoms with Gasteiger partial charge in [0, 0.05) is 5.69 Å². The molecule has 21 heavy (non-hydrogen) atoms. The van der Waals surface area contributed by atoms with Crippen LogP contribution >= 0.6 is 0 Å². The van der Waals surface area contributed by atoms with Gasteiger partial charge in [-0.05, 0) is 31.0 Å². The van der Waals surface area contributed by atoms with E-state index >= 15 is 0 Å². The second-order valence-corrected chi connectivity index (χ2v) is 5.13. The van der Waals surface area contributed by atoms with E-state index in [1.54, 1.807) is 6.07 Å². The Morgan fingerprint density at radius 3 is 2.57 bits per heavy atom. The van der Waals surface area contributed by atoms with E-state index in [-0.39, 0.29) is 5.56 Å². The molecular weight excluding hydrogens is 275 g/mol. The number of nitriles is 1. The van der Waals surface area contributed by atoms with Crippen molar-refractivity contribution in [3.05, 3.63) is 29.6 Å². The third kappa shape index (κ3) is 3.37. The highest BCUT2D eigenvalue weighted by atomic mass is 19.1. The molecular formula is C15H15FN2O3. The summed E-state index contributed by atoms with van der Waals surface area (Å²) in [6.45, 7) is 0. The molecule has 0 aromatic heterocycles. The normalized spacial score (nSPS) is 21.3. The number of hydrogen-bond donors (Lipinski definition) is 2. The summed E-state index contributed by atoms with van der Waals surface area (Å²) >= 11 is 0. The van der Waals surface area contributed by atoms with E-state index in [0.29, 0.717) is 18.5 Å². The molecule has 110 valence electrons. The maximum absolute atomic E-state index is 13.2. The zero-order valence-corrected chi connectivity index (χ0v) is 11.3. The summed E-state index contributed by atoms with van der Waals surface area (Å²) in [5.41, 5.74) is 0.138. The maximum atomic E-state index is 13.2. The van der Waals surface area contributed by atoms with Crippen LogP contribution < -0.4 is 5.32 Å². The van der Waals surface area contributed by atoms with Gasteiger partial charge < -0.3 is 10.4 Å². The number of carboxylic acid groups (broad SMARTS) is 1. The lowest BCUT2D eigenvalue weighted by Gasteiger charge is -2.27. The quantitative estimate of drug-likeness (QED) is 0.895. The number of nitrogens with one attached hydrogen (secondary N) is 1. The molecule has 1 aliphatic rings. The van der Waals surface area contributed by atoms with Crippen LogP contribution in [-0.2, 0) is 9.59 Å². The molecule has 1 saturated carbocycles. The Bertz CT molecular complexity index is 609. The van der Waals surface area contributed by atoms with Gasteiger partial charge >= 0.3 is 5.97 Å². The van der Waals surface area contributed by atoms with Crippen LogP contribution in [0.4, 0.5) is 10.1 Å². The molecule has 0 heterocycles. The molecule has 1 fully saturated rings. The predicted octanol–water partition coefficient (Wildman–Crippen LogP) is 2.53. The summed E-state index contributed by atoms with van der Waals surface area (Å²) in [6.07, 6.45) is 2.62. The third-order valence-corrected chi connectivity index (χ3v) is 3.77. The van der Waals surface area contributed by atoms with Gasteiger partial charge in [0.15, 0.2) is 0 Å². The van der Waals surface area contributed by atoms with Crippen LogP contribution in [0.25, 0.3) is 0 Å². The Kier molecular flexibility index (Phi) is 4.53. The minimum Gasteiger partial charge on any atom is -0.481 e. The number of amides is 1. The highest BCUT2D eigenvalue weighted by molar-refractivity contribution is 5.95. The average molecular weight is 290 g/mol. The number of aliphatic carboxylic acids is 1. The van der Waals surface area contributed by atoms with Crippen LogP contribution in [0, 0.1) is 29.0 Å². The van der Waals surface area contributed by atoms with E-state index in [4.69, 9.17) is 10.4 Å². The van der Waals surface area contributed by atoms with Crippen LogP contribution in [-0.4, -0.2) is 17.0 Å². The summed E-state index contributed by atoms with van der Waals surface area (Å²) < 4.78 is 13.2. The van der Waals surface area contributed by atoms with Gasteiger partial charge in [-0.25, -0.2) is 4.39 Å². The highest BCUT2D eigenvalue weighted by Gasteiger charge is 2.35. The molecule has 0 spiro atoms. The monoisotopic (exact) mass is 290 g/mol. The highest BCUT2D eigenvalue weighted by Crippen LogP contribution is 2.31. The number of carbonyl (C=O) groups excluding carboxylic acids is 1. The first-order chi connectivity index (χ1) is 10.0. The Labute approximate surface area is 121 Å². The number of carbonyl (C=O) groups is 2. The molecule has 0 radical (unpaired) electrons. The van der Waals surface area contributed by atoms with Crippen molar-refractivity contribution in [1.29, 1.82) is 5.26 Å². The van der Waals surface area contributed by atoms with Gasteiger partial charge in [-0.3, -0.25) is 9.59 Å². The maximum Gasteiger partial charge on any atom is 0.307 e. The SMILES string of the molecule is N#Cc1cc(NC(=O)[C@@H]2CCCC[C@@H]2C(=O)O)ccc1F. The zero-order chi connectivity index (χ0) is 15.4. The molecule has 2 N–H and O–H groups in total. The van der Waals surface area contributed by atoms with E-state index in [9.17, 15) is 14.0 Å². The Hall–Kier alpha value is -2.42. The first-order valence-corrected chi connectivity index (χ1v) is 6.76. The molecule has 0 bridgehead atoms. The number of carboxylic acids is 1. The first-order valence-electron chi connectivity index (χ1n) is 6.76. The topological polar surface area (TPSA) is 90.2 Å². The molecule has 1 aromatic carbocycles. The van der Waals surface area contributed by atoms with Crippen LogP contribution in [0.2, 0.25) is 0 Å². The summed E-state index contributed by atoms with van der Waals surface area (Å²) in [5.74, 6) is -3.29. The molecule has 5 nitrogen and oxygen atoms in total. The second-order valence-electron chi connectivity index (χ2n) is 5.13. The molecule has 6 heteroatoms. The largest absolute Gasteiger partial charge is 0.481 e. The van der Waals surface area contributed by atoms with Gasteiger partial charge in [0.1, 0.15) is 11.9 Å². The van der Waals surface area contributed by atoms with Gasteiger partial charge in [0.05, 0.1) is 17.4 Å². The summed E-state index contributed by atoms with van der Waals surface area (Å²) in [4.78, 5) is 23.4. The lowest BCUT2D eigenvalue weighted by molar-refractivity contribution is -0.147. The van der Waals surface area contributed by atoms with Crippen LogP contribution in [0.3, 0.4) is 0 Å². The molecule has 0 unspecified atom stereocenters. The first kappa shape index (κ1) is 15.0. The van der Waals surface area contributed by atoms with Crippen LogP contribution in [0.5, 0.6) is 0 Å². The van der Waals surface area contributed by atoms with Gasteiger partial charge in [-0.2, -0.15) is 5.26 Å². The van der Waals surface area contributed by atoms with Crippen molar-refractivity contribution in [2.75, 3.05) is 5.32 Å². The minimum absolute atomic E-state index is 0.161. The summed E-state index contributed by atoms with van der Waals surface area (Å²) in [6, 6.07) is 5.39. The number of benzene rings is 1. The van der Waals surface area contributed by atoms with Crippen molar-refractivity contribution in [3.8, 4) is 6.07 Å². The third-order valence-electron chi connectivity index (χ3n) is 3.77. The molecule has 1 aromatic rings. The molecule has 2 atom stereocenters. The number of hydrogen-bond acceptors (Lipinski definition) is 3. The van der Waals surface area contributed by atoms with Crippen LogP contribution in [0.1, 0.15) is 31.2 Å². The van der Waals surface area contributed by atoms with Crippen molar-refractivity contribution in [2.24, 2.45) is 11.8 Å².